The van der Waals surface area contributed by atoms with Crippen LogP contribution in [-0.2, 0) is 6.54 Å². The van der Waals surface area contributed by atoms with Gasteiger partial charge in [-0.2, -0.15) is 4.98 Å². The number of pyridine rings is 1. The fourth-order valence-electron chi connectivity index (χ4n) is 2.53. The molecule has 126 valence electrons. The lowest BCUT2D eigenvalue weighted by molar-refractivity contribution is 0.0748. The van der Waals surface area contributed by atoms with Crippen LogP contribution in [0, 0.1) is 0 Å². The molecule has 0 fully saturated rings. The normalized spacial score (nSPS) is 11.8. The lowest BCUT2D eigenvalue weighted by Gasteiger charge is -2.18. The van der Waals surface area contributed by atoms with E-state index in [4.69, 9.17) is 5.73 Å². The molecule has 0 unspecified atom stereocenters. The highest BCUT2D eigenvalue weighted by Gasteiger charge is 2.15. The second kappa shape index (κ2) is 6.45. The number of rotatable bonds is 6. The van der Waals surface area contributed by atoms with Crippen LogP contribution in [0.1, 0.15) is 26.0 Å². The molecular weight excluding hydrogens is 304 g/mol. The van der Waals surface area contributed by atoms with Gasteiger partial charge in [0.15, 0.2) is 5.82 Å². The minimum absolute atomic E-state index is 0.226. The molecule has 0 aliphatic heterocycles. The summed E-state index contributed by atoms with van der Waals surface area (Å²) in [5.74, 6) is 0.895. The highest BCUT2D eigenvalue weighted by Crippen LogP contribution is 2.23. The smallest absolute Gasteiger partial charge is 0.222 e. The van der Waals surface area contributed by atoms with E-state index in [9.17, 15) is 5.11 Å². The van der Waals surface area contributed by atoms with Gasteiger partial charge in [0, 0.05) is 18.9 Å². The first kappa shape index (κ1) is 16.2. The van der Waals surface area contributed by atoms with E-state index in [0.29, 0.717) is 25.3 Å². The zero-order valence-electron chi connectivity index (χ0n) is 13.9. The Morgan fingerprint density at radius 3 is 2.79 bits per heavy atom. The molecule has 0 amide bonds. The van der Waals surface area contributed by atoms with Crippen molar-refractivity contribution in [2.24, 2.45) is 0 Å². The van der Waals surface area contributed by atoms with E-state index in [0.717, 1.165) is 16.7 Å². The predicted octanol–water partition coefficient (Wildman–Crippen LogP) is 2.03. The van der Waals surface area contributed by atoms with Crippen LogP contribution >= 0.6 is 0 Å². The fraction of sp³-hybridized carbons (Fsp3) is 0.353. The molecule has 0 saturated carbocycles. The number of aromatic nitrogens is 4. The van der Waals surface area contributed by atoms with Crippen molar-refractivity contribution < 1.29 is 5.11 Å². The van der Waals surface area contributed by atoms with E-state index >= 15 is 0 Å². The third-order valence-electron chi connectivity index (χ3n) is 3.72. The van der Waals surface area contributed by atoms with Gasteiger partial charge >= 0.3 is 0 Å². The average molecular weight is 326 g/mol. The van der Waals surface area contributed by atoms with Crippen LogP contribution in [0.5, 0.6) is 0 Å². The van der Waals surface area contributed by atoms with Gasteiger partial charge in [0.25, 0.3) is 0 Å². The maximum absolute atomic E-state index is 9.86. The summed E-state index contributed by atoms with van der Waals surface area (Å²) in [6.45, 7) is 4.77. The van der Waals surface area contributed by atoms with Crippen molar-refractivity contribution in [1.29, 1.82) is 0 Å². The first-order valence-corrected chi connectivity index (χ1v) is 7.91. The Morgan fingerprint density at radius 2 is 2.08 bits per heavy atom. The van der Waals surface area contributed by atoms with Gasteiger partial charge in [-0.3, -0.25) is 4.98 Å². The number of anilines is 2. The number of nitrogen functional groups attached to an aromatic ring is 1. The Bertz CT molecular complexity index is 822. The van der Waals surface area contributed by atoms with Gasteiger partial charge in [-0.15, -0.1) is 0 Å². The number of nitrogens with one attached hydrogen (secondary N) is 1. The first-order valence-electron chi connectivity index (χ1n) is 7.91. The molecule has 0 atom stereocenters. The summed E-state index contributed by atoms with van der Waals surface area (Å²) >= 11 is 0. The summed E-state index contributed by atoms with van der Waals surface area (Å²) in [6, 6.07) is 7.75. The van der Waals surface area contributed by atoms with Crippen molar-refractivity contribution in [3.05, 3.63) is 42.4 Å². The summed E-state index contributed by atoms with van der Waals surface area (Å²) in [4.78, 5) is 13.0. The average Bonchev–Trinajstić information content (AvgIpc) is 2.89. The largest absolute Gasteiger partial charge is 0.390 e. The van der Waals surface area contributed by atoms with E-state index in [2.05, 4.69) is 20.3 Å². The Hall–Kier alpha value is -2.67. The quantitative estimate of drug-likeness (QED) is 0.640. The zero-order chi connectivity index (χ0) is 17.2. The zero-order valence-corrected chi connectivity index (χ0v) is 13.9. The molecule has 0 bridgehead atoms. The van der Waals surface area contributed by atoms with Crippen molar-refractivity contribution in [3.8, 4) is 0 Å². The van der Waals surface area contributed by atoms with Gasteiger partial charge in [0.2, 0.25) is 5.95 Å². The number of nitrogens with zero attached hydrogens (tertiary/aromatic N) is 4. The van der Waals surface area contributed by atoms with Crippen LogP contribution in [0.4, 0.5) is 11.8 Å². The first-order chi connectivity index (χ1) is 11.4. The standard InChI is InChI=1S/C17H22N6O/c1-17(2,24)7-9-20-15-14-13(21-16(18)22-15)6-10-23(14)11-12-5-3-4-8-19-12/h3-6,8,10,24H,7,9,11H2,1-2H3,(H3,18,20,21,22). The van der Waals surface area contributed by atoms with Crippen molar-refractivity contribution in [3.63, 3.8) is 0 Å². The maximum atomic E-state index is 9.86. The van der Waals surface area contributed by atoms with Crippen molar-refractivity contribution in [2.75, 3.05) is 17.6 Å². The van der Waals surface area contributed by atoms with Crippen LogP contribution in [0.2, 0.25) is 0 Å². The lowest BCUT2D eigenvalue weighted by Crippen LogP contribution is -2.23. The number of hydrogen-bond acceptors (Lipinski definition) is 6. The van der Waals surface area contributed by atoms with Crippen molar-refractivity contribution >= 4 is 22.8 Å². The van der Waals surface area contributed by atoms with Crippen LogP contribution in [0.3, 0.4) is 0 Å². The van der Waals surface area contributed by atoms with E-state index in [1.807, 2.05) is 35.0 Å². The molecular formula is C17H22N6O. The van der Waals surface area contributed by atoms with E-state index < -0.39 is 5.60 Å². The van der Waals surface area contributed by atoms with Gasteiger partial charge in [-0.1, -0.05) is 6.07 Å². The lowest BCUT2D eigenvalue weighted by atomic mass is 10.1. The number of fused-ring (bicyclic) bond motifs is 1. The molecule has 0 aromatic carbocycles. The third kappa shape index (κ3) is 3.80. The van der Waals surface area contributed by atoms with Gasteiger partial charge < -0.3 is 20.7 Å². The second-order valence-electron chi connectivity index (χ2n) is 6.42. The third-order valence-corrected chi connectivity index (χ3v) is 3.72. The highest BCUT2D eigenvalue weighted by molar-refractivity contribution is 5.87. The second-order valence-corrected chi connectivity index (χ2v) is 6.42. The molecule has 0 saturated heterocycles. The topological polar surface area (TPSA) is 102 Å². The summed E-state index contributed by atoms with van der Waals surface area (Å²) in [5.41, 5.74) is 7.69. The van der Waals surface area contributed by atoms with Crippen LogP contribution < -0.4 is 11.1 Å². The molecule has 0 aliphatic carbocycles. The van der Waals surface area contributed by atoms with E-state index in [1.54, 1.807) is 20.0 Å². The Kier molecular flexibility index (Phi) is 4.35. The molecule has 3 rings (SSSR count). The monoisotopic (exact) mass is 326 g/mol. The minimum atomic E-state index is -0.735. The van der Waals surface area contributed by atoms with Crippen LogP contribution in [-0.4, -0.2) is 36.8 Å². The molecule has 4 N–H and O–H groups in total. The van der Waals surface area contributed by atoms with Gasteiger partial charge in [-0.25, -0.2) is 4.98 Å². The summed E-state index contributed by atoms with van der Waals surface area (Å²) in [5, 5.41) is 13.1. The van der Waals surface area contributed by atoms with Gasteiger partial charge in [0.05, 0.1) is 23.4 Å². The molecule has 0 spiro atoms. The van der Waals surface area contributed by atoms with Crippen LogP contribution in [0.15, 0.2) is 36.7 Å². The highest BCUT2D eigenvalue weighted by atomic mass is 16.3. The molecule has 3 aromatic heterocycles. The predicted molar refractivity (Wildman–Crippen MR) is 94.7 cm³/mol. The van der Waals surface area contributed by atoms with Crippen molar-refractivity contribution in [2.45, 2.75) is 32.4 Å². The summed E-state index contributed by atoms with van der Waals surface area (Å²) in [7, 11) is 0. The maximum Gasteiger partial charge on any atom is 0.222 e. The van der Waals surface area contributed by atoms with Gasteiger partial charge in [0.1, 0.15) is 5.52 Å². The Labute approximate surface area is 140 Å². The molecule has 0 radical (unpaired) electrons. The SMILES string of the molecule is CC(C)(O)CCNc1nc(N)nc2ccn(Cc3ccccn3)c12. The Morgan fingerprint density at radius 1 is 1.25 bits per heavy atom. The molecule has 3 aromatic rings. The molecule has 24 heavy (non-hydrogen) atoms. The number of nitrogens with two attached hydrogens (primary N) is 1. The van der Waals surface area contributed by atoms with E-state index in [1.165, 1.54) is 0 Å². The molecule has 3 heterocycles. The van der Waals surface area contributed by atoms with Crippen LogP contribution in [0.25, 0.3) is 11.0 Å². The molecule has 0 aliphatic rings. The number of hydrogen-bond donors (Lipinski definition) is 3. The van der Waals surface area contributed by atoms with E-state index in [-0.39, 0.29) is 5.95 Å². The summed E-state index contributed by atoms with van der Waals surface area (Å²) < 4.78 is 2.05. The summed E-state index contributed by atoms with van der Waals surface area (Å²) in [6.07, 6.45) is 4.33. The number of aliphatic hydroxyl groups is 1. The van der Waals surface area contributed by atoms with Gasteiger partial charge in [-0.05, 0) is 38.5 Å². The Balaban J connectivity index is 1.91. The molecule has 7 heteroatoms. The minimum Gasteiger partial charge on any atom is -0.390 e. The van der Waals surface area contributed by atoms with Crippen molar-refractivity contribution in [1.82, 2.24) is 19.5 Å². The molecule has 7 nitrogen and oxygen atoms in total. The fourth-order valence-corrected chi connectivity index (χ4v) is 2.53.